The Balaban J connectivity index is 1.08. The summed E-state index contributed by atoms with van der Waals surface area (Å²) in [6, 6.07) is 9.47. The van der Waals surface area contributed by atoms with Gasteiger partial charge in [0, 0.05) is 37.1 Å². The number of carbonyl (C=O) groups excluding carboxylic acids is 1. The van der Waals surface area contributed by atoms with E-state index in [1.807, 2.05) is 30.3 Å². The molecule has 2 amide bonds. The van der Waals surface area contributed by atoms with Crippen LogP contribution in [0, 0.1) is 5.92 Å². The lowest BCUT2D eigenvalue weighted by atomic mass is 10.1. The van der Waals surface area contributed by atoms with Crippen LogP contribution < -0.4 is 15.4 Å². The second kappa shape index (κ2) is 11.4. The van der Waals surface area contributed by atoms with Crippen molar-refractivity contribution < 1.29 is 14.3 Å². The molecule has 0 radical (unpaired) electrons. The number of morpholine rings is 1. The first-order valence-electron chi connectivity index (χ1n) is 12.9. The number of nitrogens with zero attached hydrogens (tertiary/aromatic N) is 6. The molecule has 1 saturated carbocycles. The topological polar surface area (TPSA) is 119 Å². The fraction of sp³-hybridized carbons (Fsp3) is 0.480. The summed E-state index contributed by atoms with van der Waals surface area (Å²) >= 11 is 2.91. The number of hydrogen-bond acceptors (Lipinski definition) is 10. The van der Waals surface area contributed by atoms with Gasteiger partial charge in [-0.15, -0.1) is 15.3 Å². The first-order chi connectivity index (χ1) is 18.6. The Morgan fingerprint density at radius 3 is 2.95 bits per heavy atom. The molecule has 6 rings (SSSR count). The van der Waals surface area contributed by atoms with Crippen LogP contribution in [0.3, 0.4) is 0 Å². The predicted octanol–water partition coefficient (Wildman–Crippen LogP) is 3.91. The molecule has 0 spiro atoms. The van der Waals surface area contributed by atoms with Crippen LogP contribution in [-0.2, 0) is 4.74 Å². The number of rotatable bonds is 8. The van der Waals surface area contributed by atoms with E-state index in [9.17, 15) is 4.79 Å². The van der Waals surface area contributed by atoms with Gasteiger partial charge in [-0.1, -0.05) is 18.3 Å². The van der Waals surface area contributed by atoms with Crippen molar-refractivity contribution in [1.29, 1.82) is 0 Å². The van der Waals surface area contributed by atoms with Gasteiger partial charge < -0.3 is 14.8 Å². The van der Waals surface area contributed by atoms with E-state index in [1.54, 1.807) is 4.52 Å². The van der Waals surface area contributed by atoms with Gasteiger partial charge in [-0.3, -0.25) is 10.2 Å². The molecule has 3 aromatic heterocycles. The van der Waals surface area contributed by atoms with Crippen molar-refractivity contribution in [2.75, 3.05) is 44.7 Å². The molecule has 1 saturated heterocycles. The number of carbonyl (C=O) groups is 1. The summed E-state index contributed by atoms with van der Waals surface area (Å²) in [5.74, 6) is 1.28. The van der Waals surface area contributed by atoms with E-state index < -0.39 is 0 Å². The molecular weight excluding hydrogens is 524 g/mol. The minimum Gasteiger partial charge on any atom is -0.473 e. The SMILES string of the molecule is C[C@H]1CC[C@H](Oc2ccc3nnc(Sc4ccc5nc(NC(=O)NCCN6CCOCC6)sc5c4)n3n2)C1. The average Bonchev–Trinajstić information content (AvgIpc) is 3.63. The summed E-state index contributed by atoms with van der Waals surface area (Å²) in [6.07, 6.45) is 3.53. The van der Waals surface area contributed by atoms with E-state index in [-0.39, 0.29) is 12.1 Å². The van der Waals surface area contributed by atoms with Crippen molar-refractivity contribution in [3.05, 3.63) is 30.3 Å². The number of thiazole rings is 1. The number of urea groups is 1. The lowest BCUT2D eigenvalue weighted by molar-refractivity contribution is 0.0388. The van der Waals surface area contributed by atoms with Crippen molar-refractivity contribution >= 4 is 50.1 Å². The highest BCUT2D eigenvalue weighted by Crippen LogP contribution is 2.33. The van der Waals surface area contributed by atoms with Crippen LogP contribution in [0.1, 0.15) is 26.2 Å². The largest absolute Gasteiger partial charge is 0.473 e. The molecule has 2 aliphatic rings. The fourth-order valence-corrected chi connectivity index (χ4v) is 6.53. The first-order valence-corrected chi connectivity index (χ1v) is 14.5. The lowest BCUT2D eigenvalue weighted by Crippen LogP contribution is -2.42. The summed E-state index contributed by atoms with van der Waals surface area (Å²) in [4.78, 5) is 20.2. The van der Waals surface area contributed by atoms with E-state index in [0.29, 0.717) is 34.3 Å². The van der Waals surface area contributed by atoms with Crippen LogP contribution in [-0.4, -0.2) is 81.2 Å². The summed E-state index contributed by atoms with van der Waals surface area (Å²) in [6.45, 7) is 6.93. The third kappa shape index (κ3) is 6.01. The quantitative estimate of drug-likeness (QED) is 0.334. The van der Waals surface area contributed by atoms with E-state index in [1.165, 1.54) is 29.5 Å². The summed E-state index contributed by atoms with van der Waals surface area (Å²) in [5.41, 5.74) is 1.50. The van der Waals surface area contributed by atoms with Crippen LogP contribution in [0.15, 0.2) is 40.4 Å². The Bertz CT molecular complexity index is 1420. The monoisotopic (exact) mass is 554 g/mol. The Kier molecular flexibility index (Phi) is 7.58. The number of fused-ring (bicyclic) bond motifs is 2. The molecule has 1 aromatic carbocycles. The van der Waals surface area contributed by atoms with Crippen LogP contribution in [0.25, 0.3) is 15.9 Å². The highest BCUT2D eigenvalue weighted by Gasteiger charge is 2.23. The Labute approximate surface area is 228 Å². The molecule has 1 aliphatic carbocycles. The van der Waals surface area contributed by atoms with Crippen molar-refractivity contribution in [3.8, 4) is 5.88 Å². The smallest absolute Gasteiger partial charge is 0.321 e. The fourth-order valence-electron chi connectivity index (χ4n) is 4.73. The molecule has 0 unspecified atom stereocenters. The predicted molar refractivity (Wildman–Crippen MR) is 146 cm³/mol. The standard InChI is InChI=1S/C25H30N8O3S2/c1-16-2-3-17(14-16)36-22-7-6-21-29-30-25(33(21)31-22)37-18-4-5-19-20(15-18)38-24(27-19)28-23(34)26-8-9-32-10-12-35-13-11-32/h4-7,15-17H,2-3,8-14H2,1H3,(H2,26,27,28,34)/t16-,17-/m0/s1. The number of anilines is 1. The van der Waals surface area contributed by atoms with E-state index in [0.717, 1.165) is 60.8 Å². The van der Waals surface area contributed by atoms with Gasteiger partial charge in [0.1, 0.15) is 6.10 Å². The molecule has 200 valence electrons. The molecule has 4 aromatic rings. The van der Waals surface area contributed by atoms with Gasteiger partial charge in [0.25, 0.3) is 0 Å². The maximum absolute atomic E-state index is 12.3. The number of aromatic nitrogens is 5. The number of nitrogens with one attached hydrogen (secondary N) is 2. The zero-order valence-electron chi connectivity index (χ0n) is 21.1. The molecule has 2 fully saturated rings. The zero-order valence-corrected chi connectivity index (χ0v) is 22.8. The van der Waals surface area contributed by atoms with Crippen molar-refractivity contribution in [2.24, 2.45) is 5.92 Å². The van der Waals surface area contributed by atoms with Crippen LogP contribution in [0.4, 0.5) is 9.93 Å². The van der Waals surface area contributed by atoms with Gasteiger partial charge in [-0.2, -0.15) is 4.52 Å². The van der Waals surface area contributed by atoms with Crippen LogP contribution >= 0.6 is 23.1 Å². The number of ether oxygens (including phenoxy) is 2. The molecule has 4 heterocycles. The minimum atomic E-state index is -0.252. The molecule has 13 heteroatoms. The number of benzene rings is 1. The van der Waals surface area contributed by atoms with Gasteiger partial charge >= 0.3 is 6.03 Å². The van der Waals surface area contributed by atoms with Gasteiger partial charge in [0.15, 0.2) is 10.8 Å². The van der Waals surface area contributed by atoms with E-state index in [4.69, 9.17) is 9.47 Å². The Hall–Kier alpha value is -3.00. The number of hydrogen-bond donors (Lipinski definition) is 2. The molecule has 1 aliphatic heterocycles. The highest BCUT2D eigenvalue weighted by atomic mass is 32.2. The molecule has 0 bridgehead atoms. The van der Waals surface area contributed by atoms with Gasteiger partial charge in [0.2, 0.25) is 11.0 Å². The molecule has 38 heavy (non-hydrogen) atoms. The normalized spacial score (nSPS) is 20.2. The highest BCUT2D eigenvalue weighted by molar-refractivity contribution is 7.99. The minimum absolute atomic E-state index is 0.214. The first kappa shape index (κ1) is 25.3. The molecule has 11 nitrogen and oxygen atoms in total. The number of amides is 2. The van der Waals surface area contributed by atoms with E-state index in [2.05, 4.69) is 42.7 Å². The third-order valence-electron chi connectivity index (χ3n) is 6.75. The molecule has 2 atom stereocenters. The zero-order chi connectivity index (χ0) is 25.9. The maximum atomic E-state index is 12.3. The van der Waals surface area contributed by atoms with Gasteiger partial charge in [0.05, 0.1) is 23.4 Å². The van der Waals surface area contributed by atoms with Crippen molar-refractivity contribution in [2.45, 2.75) is 42.3 Å². The van der Waals surface area contributed by atoms with Crippen molar-refractivity contribution in [1.82, 2.24) is 35.0 Å². The summed E-state index contributed by atoms with van der Waals surface area (Å²) < 4.78 is 14.2. The average molecular weight is 555 g/mol. The van der Waals surface area contributed by atoms with E-state index >= 15 is 0 Å². The Morgan fingerprint density at radius 1 is 1.21 bits per heavy atom. The van der Waals surface area contributed by atoms with Gasteiger partial charge in [-0.05, 0) is 61.2 Å². The third-order valence-corrected chi connectivity index (χ3v) is 8.61. The maximum Gasteiger partial charge on any atom is 0.321 e. The molecular formula is C25H30N8O3S2. The van der Waals surface area contributed by atoms with Gasteiger partial charge in [-0.25, -0.2) is 9.78 Å². The lowest BCUT2D eigenvalue weighted by Gasteiger charge is -2.26. The Morgan fingerprint density at radius 2 is 2.11 bits per heavy atom. The van der Waals surface area contributed by atoms with Crippen LogP contribution in [0.2, 0.25) is 0 Å². The summed E-state index contributed by atoms with van der Waals surface area (Å²) in [5, 5.41) is 20.2. The second-order valence-electron chi connectivity index (χ2n) is 9.67. The van der Waals surface area contributed by atoms with Crippen molar-refractivity contribution in [3.63, 3.8) is 0 Å². The molecule has 2 N–H and O–H groups in total. The second-order valence-corrected chi connectivity index (χ2v) is 11.7. The summed E-state index contributed by atoms with van der Waals surface area (Å²) in [7, 11) is 0. The van der Waals surface area contributed by atoms with Crippen LogP contribution in [0.5, 0.6) is 5.88 Å².